The van der Waals surface area contributed by atoms with Crippen molar-refractivity contribution < 1.29 is 14.8 Å². The third-order valence-corrected chi connectivity index (χ3v) is 3.18. The molecule has 0 bridgehead atoms. The van der Waals surface area contributed by atoms with E-state index in [-0.39, 0.29) is 11.3 Å². The summed E-state index contributed by atoms with van der Waals surface area (Å²) >= 11 is 0. The summed E-state index contributed by atoms with van der Waals surface area (Å²) < 4.78 is 0. The Morgan fingerprint density at radius 3 is 2.52 bits per heavy atom. The zero-order valence-electron chi connectivity index (χ0n) is 11.6. The Labute approximate surface area is 121 Å². The normalized spacial score (nSPS) is 10.2. The first-order valence-corrected chi connectivity index (χ1v) is 6.25. The van der Waals surface area contributed by atoms with E-state index in [1.807, 2.05) is 6.92 Å². The fourth-order valence-corrected chi connectivity index (χ4v) is 2.05. The van der Waals surface area contributed by atoms with Crippen LogP contribution in [-0.2, 0) is 0 Å². The maximum Gasteiger partial charge on any atom is 0.337 e. The number of hydrogen-bond donors (Lipinski definition) is 2. The van der Waals surface area contributed by atoms with E-state index in [1.165, 1.54) is 12.1 Å². The number of aryl methyl sites for hydroxylation is 1. The van der Waals surface area contributed by atoms with E-state index >= 15 is 0 Å². The van der Waals surface area contributed by atoms with Crippen LogP contribution in [-0.4, -0.2) is 16.0 Å². The van der Waals surface area contributed by atoms with Crippen molar-refractivity contribution in [3.05, 3.63) is 63.2 Å². The van der Waals surface area contributed by atoms with Crippen LogP contribution in [0.25, 0.3) is 0 Å². The second-order valence-electron chi connectivity index (χ2n) is 4.69. The lowest BCUT2D eigenvalue weighted by atomic mass is 10.1. The standard InChI is InChI=1S/C15H14N2O4/c1-9-6-7-11(15(18)19)13(8-9)16-12-4-3-5-14(10(12)2)17(20)21/h3-8,16H,1-2H3,(H,18,19). The molecule has 6 nitrogen and oxygen atoms in total. The van der Waals surface area contributed by atoms with Crippen LogP contribution in [0.5, 0.6) is 0 Å². The summed E-state index contributed by atoms with van der Waals surface area (Å²) in [4.78, 5) is 21.7. The fourth-order valence-electron chi connectivity index (χ4n) is 2.05. The van der Waals surface area contributed by atoms with E-state index in [9.17, 15) is 20.0 Å². The molecule has 2 rings (SSSR count). The van der Waals surface area contributed by atoms with E-state index < -0.39 is 10.9 Å². The summed E-state index contributed by atoms with van der Waals surface area (Å²) in [5, 5.41) is 23.1. The number of carboxylic acids is 1. The number of nitro groups is 1. The molecule has 21 heavy (non-hydrogen) atoms. The Balaban J connectivity index is 2.48. The van der Waals surface area contributed by atoms with Crippen molar-refractivity contribution in [1.82, 2.24) is 0 Å². The van der Waals surface area contributed by atoms with E-state index in [0.717, 1.165) is 5.56 Å². The van der Waals surface area contributed by atoms with Gasteiger partial charge in [0.2, 0.25) is 0 Å². The summed E-state index contributed by atoms with van der Waals surface area (Å²) in [5.74, 6) is -1.06. The zero-order valence-corrected chi connectivity index (χ0v) is 11.6. The minimum absolute atomic E-state index is 0.00970. The minimum Gasteiger partial charge on any atom is -0.478 e. The van der Waals surface area contributed by atoms with Crippen molar-refractivity contribution in [3.8, 4) is 0 Å². The number of anilines is 2. The van der Waals surface area contributed by atoms with E-state index in [2.05, 4.69) is 5.32 Å². The van der Waals surface area contributed by atoms with Crippen LogP contribution in [0.2, 0.25) is 0 Å². The van der Waals surface area contributed by atoms with Crippen molar-refractivity contribution in [2.45, 2.75) is 13.8 Å². The van der Waals surface area contributed by atoms with Gasteiger partial charge in [-0.2, -0.15) is 0 Å². The number of carbonyl (C=O) groups is 1. The number of carboxylic acid groups (broad SMARTS) is 1. The third kappa shape index (κ3) is 3.00. The van der Waals surface area contributed by atoms with Gasteiger partial charge in [0, 0.05) is 11.8 Å². The van der Waals surface area contributed by atoms with Gasteiger partial charge in [-0.15, -0.1) is 0 Å². The molecule has 0 aliphatic rings. The number of aromatic carboxylic acids is 1. The van der Waals surface area contributed by atoms with Gasteiger partial charge in [0.25, 0.3) is 5.69 Å². The molecule has 2 aromatic carbocycles. The highest BCUT2D eigenvalue weighted by atomic mass is 16.6. The molecule has 2 aromatic rings. The van der Waals surface area contributed by atoms with Crippen LogP contribution >= 0.6 is 0 Å². The number of benzene rings is 2. The number of hydrogen-bond acceptors (Lipinski definition) is 4. The molecule has 0 atom stereocenters. The number of nitrogens with one attached hydrogen (secondary N) is 1. The molecule has 0 aromatic heterocycles. The monoisotopic (exact) mass is 286 g/mol. The highest BCUT2D eigenvalue weighted by Crippen LogP contribution is 2.29. The predicted molar refractivity (Wildman–Crippen MR) is 79.3 cm³/mol. The molecule has 108 valence electrons. The highest BCUT2D eigenvalue weighted by molar-refractivity contribution is 5.95. The van der Waals surface area contributed by atoms with Gasteiger partial charge in [-0.1, -0.05) is 12.1 Å². The van der Waals surface area contributed by atoms with Crippen molar-refractivity contribution in [3.63, 3.8) is 0 Å². The lowest BCUT2D eigenvalue weighted by Gasteiger charge is -2.12. The topological polar surface area (TPSA) is 92.5 Å². The molecule has 0 saturated heterocycles. The number of nitro benzene ring substituents is 1. The van der Waals surface area contributed by atoms with Gasteiger partial charge in [-0.05, 0) is 37.6 Å². The Kier molecular flexibility index (Phi) is 3.89. The Morgan fingerprint density at radius 2 is 1.90 bits per heavy atom. The average molecular weight is 286 g/mol. The van der Waals surface area contributed by atoms with Gasteiger partial charge in [0.1, 0.15) is 0 Å². The molecule has 0 aliphatic carbocycles. The summed E-state index contributed by atoms with van der Waals surface area (Å²) in [5.41, 5.74) is 2.38. The molecule has 6 heteroatoms. The predicted octanol–water partition coefficient (Wildman–Crippen LogP) is 3.65. The first-order valence-electron chi connectivity index (χ1n) is 6.25. The van der Waals surface area contributed by atoms with Crippen molar-refractivity contribution >= 4 is 23.0 Å². The molecule has 0 fully saturated rings. The van der Waals surface area contributed by atoms with Gasteiger partial charge in [0.05, 0.1) is 21.7 Å². The van der Waals surface area contributed by atoms with Gasteiger partial charge in [-0.25, -0.2) is 4.79 Å². The number of nitrogens with zero attached hydrogens (tertiary/aromatic N) is 1. The van der Waals surface area contributed by atoms with Crippen LogP contribution in [0.15, 0.2) is 36.4 Å². The molecule has 0 heterocycles. The maximum absolute atomic E-state index is 11.2. The largest absolute Gasteiger partial charge is 0.478 e. The molecule has 2 N–H and O–H groups in total. The molecular formula is C15H14N2O4. The van der Waals surface area contributed by atoms with Crippen molar-refractivity contribution in [1.29, 1.82) is 0 Å². The van der Waals surface area contributed by atoms with Crippen LogP contribution in [0.1, 0.15) is 21.5 Å². The lowest BCUT2D eigenvalue weighted by molar-refractivity contribution is -0.385. The second-order valence-corrected chi connectivity index (χ2v) is 4.69. The zero-order chi connectivity index (χ0) is 15.6. The van der Waals surface area contributed by atoms with Crippen LogP contribution in [0.3, 0.4) is 0 Å². The second kappa shape index (κ2) is 5.62. The minimum atomic E-state index is -1.06. The van der Waals surface area contributed by atoms with Gasteiger partial charge >= 0.3 is 5.97 Å². The summed E-state index contributed by atoms with van der Waals surface area (Å²) in [6, 6.07) is 9.55. The molecule has 0 radical (unpaired) electrons. The van der Waals surface area contributed by atoms with E-state index in [0.29, 0.717) is 16.9 Å². The molecule has 0 saturated carbocycles. The lowest BCUT2D eigenvalue weighted by Crippen LogP contribution is -2.04. The fraction of sp³-hybridized carbons (Fsp3) is 0.133. The highest BCUT2D eigenvalue weighted by Gasteiger charge is 2.15. The van der Waals surface area contributed by atoms with Crippen LogP contribution in [0, 0.1) is 24.0 Å². The Hall–Kier alpha value is -2.89. The first kappa shape index (κ1) is 14.5. The summed E-state index contributed by atoms with van der Waals surface area (Å²) in [6.07, 6.45) is 0. The molecular weight excluding hydrogens is 272 g/mol. The maximum atomic E-state index is 11.2. The van der Waals surface area contributed by atoms with Gasteiger partial charge < -0.3 is 10.4 Å². The van der Waals surface area contributed by atoms with Crippen LogP contribution < -0.4 is 5.32 Å². The first-order chi connectivity index (χ1) is 9.90. The van der Waals surface area contributed by atoms with Crippen LogP contribution in [0.4, 0.5) is 17.1 Å². The quantitative estimate of drug-likeness (QED) is 0.661. The SMILES string of the molecule is Cc1ccc(C(=O)O)c(Nc2cccc([N+](=O)[O-])c2C)c1. The molecule has 0 aliphatic heterocycles. The Bertz CT molecular complexity index is 726. The van der Waals surface area contributed by atoms with Gasteiger partial charge in [-0.3, -0.25) is 10.1 Å². The Morgan fingerprint density at radius 1 is 1.19 bits per heavy atom. The molecule has 0 spiro atoms. The average Bonchev–Trinajstić information content (AvgIpc) is 2.40. The van der Waals surface area contributed by atoms with Gasteiger partial charge in [0.15, 0.2) is 0 Å². The summed E-state index contributed by atoms with van der Waals surface area (Å²) in [7, 11) is 0. The van der Waals surface area contributed by atoms with E-state index in [4.69, 9.17) is 0 Å². The van der Waals surface area contributed by atoms with E-state index in [1.54, 1.807) is 31.2 Å². The summed E-state index contributed by atoms with van der Waals surface area (Å²) in [6.45, 7) is 3.47. The third-order valence-electron chi connectivity index (χ3n) is 3.18. The smallest absolute Gasteiger partial charge is 0.337 e. The van der Waals surface area contributed by atoms with Crippen molar-refractivity contribution in [2.75, 3.05) is 5.32 Å². The number of rotatable bonds is 4. The molecule has 0 unspecified atom stereocenters. The molecule has 0 amide bonds. The van der Waals surface area contributed by atoms with Crippen molar-refractivity contribution in [2.24, 2.45) is 0 Å².